The minimum Gasteiger partial charge on any atom is -0.370 e. The summed E-state index contributed by atoms with van der Waals surface area (Å²) in [7, 11) is 0. The quantitative estimate of drug-likeness (QED) is 0.512. The molecule has 0 spiro atoms. The van der Waals surface area contributed by atoms with E-state index >= 15 is 0 Å². The number of unbranched alkanes of at least 4 members (excludes halogenated alkanes) is 4. The number of nitrogens with one attached hydrogen (secondary N) is 2. The number of carbonyl (C=O) groups excluding carboxylic acids is 2. The van der Waals surface area contributed by atoms with E-state index < -0.39 is 5.91 Å². The zero-order valence-corrected chi connectivity index (χ0v) is 15.0. The molecule has 0 rings (SSSR count). The number of carbonyl (C=O) groups is 2. The Morgan fingerprint density at radius 1 is 1.09 bits per heavy atom. The van der Waals surface area contributed by atoms with Crippen LogP contribution < -0.4 is 16.4 Å². The average Bonchev–Trinajstić information content (AvgIpc) is 2.35. The summed E-state index contributed by atoms with van der Waals surface area (Å²) in [6, 6.07) is -0.281. The van der Waals surface area contributed by atoms with Crippen LogP contribution in [0.2, 0.25) is 0 Å². The van der Waals surface area contributed by atoms with Gasteiger partial charge in [-0.2, -0.15) is 0 Å². The highest BCUT2D eigenvalue weighted by Gasteiger charge is 2.24. The van der Waals surface area contributed by atoms with Gasteiger partial charge in [-0.25, -0.2) is 0 Å². The Morgan fingerprint density at radius 2 is 1.68 bits per heavy atom. The van der Waals surface area contributed by atoms with Crippen molar-refractivity contribution in [3.8, 4) is 0 Å². The molecule has 4 N–H and O–H groups in total. The monoisotopic (exact) mass is 313 g/mol. The molecule has 0 aromatic rings. The van der Waals surface area contributed by atoms with Crippen molar-refractivity contribution in [2.45, 2.75) is 97.2 Å². The summed E-state index contributed by atoms with van der Waals surface area (Å²) in [5.74, 6) is -0.388. The summed E-state index contributed by atoms with van der Waals surface area (Å²) in [6.45, 7) is 10.3. The molecule has 130 valence electrons. The second kappa shape index (κ2) is 10.6. The van der Waals surface area contributed by atoms with Crippen LogP contribution in [-0.4, -0.2) is 29.4 Å². The fraction of sp³-hybridized carbons (Fsp3) is 0.882. The molecule has 0 saturated heterocycles. The second-order valence-corrected chi connectivity index (χ2v) is 7.19. The van der Waals surface area contributed by atoms with Crippen LogP contribution in [0.15, 0.2) is 0 Å². The van der Waals surface area contributed by atoms with Gasteiger partial charge in [0.25, 0.3) is 0 Å². The summed E-state index contributed by atoms with van der Waals surface area (Å²) in [6.07, 6.45) is 6.25. The molecule has 0 radical (unpaired) electrons. The maximum absolute atomic E-state index is 12.0. The van der Waals surface area contributed by atoms with Gasteiger partial charge in [-0.15, -0.1) is 0 Å². The van der Waals surface area contributed by atoms with E-state index in [4.69, 9.17) is 5.73 Å². The largest absolute Gasteiger partial charge is 0.370 e. The van der Waals surface area contributed by atoms with E-state index in [2.05, 4.69) is 38.3 Å². The van der Waals surface area contributed by atoms with Crippen molar-refractivity contribution >= 4 is 11.8 Å². The number of rotatable bonds is 11. The van der Waals surface area contributed by atoms with Crippen LogP contribution in [0.3, 0.4) is 0 Å². The lowest BCUT2D eigenvalue weighted by Gasteiger charge is -2.32. The highest BCUT2D eigenvalue weighted by Crippen LogP contribution is 2.08. The SMILES string of the molecule is CCCCCCCC(=O)N[C@H](CC(N)=O)C(C)NC(C)(C)C. The van der Waals surface area contributed by atoms with Crippen LogP contribution in [0.4, 0.5) is 0 Å². The Balaban J connectivity index is 4.33. The molecule has 0 aromatic carbocycles. The van der Waals surface area contributed by atoms with Gasteiger partial charge in [0.1, 0.15) is 0 Å². The van der Waals surface area contributed by atoms with Crippen molar-refractivity contribution in [3.05, 3.63) is 0 Å². The first-order valence-corrected chi connectivity index (χ1v) is 8.51. The van der Waals surface area contributed by atoms with Crippen molar-refractivity contribution in [2.75, 3.05) is 0 Å². The molecular weight excluding hydrogens is 278 g/mol. The van der Waals surface area contributed by atoms with Crippen molar-refractivity contribution < 1.29 is 9.59 Å². The molecule has 22 heavy (non-hydrogen) atoms. The van der Waals surface area contributed by atoms with Crippen molar-refractivity contribution in [1.82, 2.24) is 10.6 Å². The van der Waals surface area contributed by atoms with Crippen LogP contribution in [0.5, 0.6) is 0 Å². The highest BCUT2D eigenvalue weighted by molar-refractivity contribution is 5.79. The van der Waals surface area contributed by atoms with Gasteiger partial charge in [0.15, 0.2) is 0 Å². The molecular formula is C17H35N3O2. The third kappa shape index (κ3) is 11.5. The van der Waals surface area contributed by atoms with Crippen LogP contribution >= 0.6 is 0 Å². The number of primary amides is 1. The van der Waals surface area contributed by atoms with Gasteiger partial charge >= 0.3 is 0 Å². The summed E-state index contributed by atoms with van der Waals surface area (Å²) < 4.78 is 0. The molecule has 1 unspecified atom stereocenters. The molecule has 0 aliphatic heterocycles. The molecule has 0 heterocycles. The van der Waals surface area contributed by atoms with Gasteiger partial charge in [0, 0.05) is 24.4 Å². The van der Waals surface area contributed by atoms with Crippen LogP contribution in [0, 0.1) is 0 Å². The highest BCUT2D eigenvalue weighted by atomic mass is 16.2. The van der Waals surface area contributed by atoms with Gasteiger partial charge in [-0.3, -0.25) is 9.59 Å². The standard InChI is InChI=1S/C17H35N3O2/c1-6-7-8-9-10-11-16(22)19-14(12-15(18)21)13(2)20-17(3,4)5/h13-14,20H,6-12H2,1-5H3,(H2,18,21)(H,19,22)/t13?,14-/m1/s1. The normalized spacial score (nSPS) is 14.4. The minimum absolute atomic E-state index is 0.00491. The molecule has 0 bridgehead atoms. The van der Waals surface area contributed by atoms with E-state index in [1.807, 2.05) is 6.92 Å². The first-order valence-electron chi connectivity index (χ1n) is 8.51. The molecule has 2 atom stereocenters. The lowest BCUT2D eigenvalue weighted by atomic mass is 10.0. The Hall–Kier alpha value is -1.10. The zero-order valence-electron chi connectivity index (χ0n) is 15.0. The zero-order chi connectivity index (χ0) is 17.2. The van der Waals surface area contributed by atoms with Crippen molar-refractivity contribution in [1.29, 1.82) is 0 Å². The predicted molar refractivity (Wildman–Crippen MR) is 91.5 cm³/mol. The van der Waals surface area contributed by atoms with E-state index in [1.54, 1.807) is 0 Å². The van der Waals surface area contributed by atoms with Gasteiger partial charge in [-0.1, -0.05) is 32.6 Å². The molecule has 5 nitrogen and oxygen atoms in total. The van der Waals surface area contributed by atoms with Gasteiger partial charge in [-0.05, 0) is 34.1 Å². The number of hydrogen-bond donors (Lipinski definition) is 3. The number of nitrogens with two attached hydrogens (primary N) is 1. The smallest absolute Gasteiger partial charge is 0.220 e. The van der Waals surface area contributed by atoms with Gasteiger partial charge < -0.3 is 16.4 Å². The first-order chi connectivity index (χ1) is 10.2. The number of amides is 2. The van der Waals surface area contributed by atoms with E-state index in [0.717, 1.165) is 12.8 Å². The Bertz CT molecular complexity index is 337. The van der Waals surface area contributed by atoms with E-state index in [-0.39, 0.29) is 30.0 Å². The predicted octanol–water partition coefficient (Wildman–Crippen LogP) is 2.48. The molecule has 0 aromatic heterocycles. The molecule has 0 saturated carbocycles. The van der Waals surface area contributed by atoms with Gasteiger partial charge in [0.2, 0.25) is 11.8 Å². The average molecular weight is 313 g/mol. The minimum atomic E-state index is -0.393. The Labute approximate surface area is 135 Å². The molecule has 2 amide bonds. The van der Waals surface area contributed by atoms with Crippen molar-refractivity contribution in [2.24, 2.45) is 5.73 Å². The molecule has 0 aliphatic rings. The molecule has 0 fully saturated rings. The lowest BCUT2D eigenvalue weighted by molar-refractivity contribution is -0.123. The van der Waals surface area contributed by atoms with Crippen LogP contribution in [0.1, 0.15) is 79.6 Å². The fourth-order valence-electron chi connectivity index (χ4n) is 2.52. The fourth-order valence-corrected chi connectivity index (χ4v) is 2.52. The first kappa shape index (κ1) is 20.9. The maximum Gasteiger partial charge on any atom is 0.220 e. The third-order valence-electron chi connectivity index (χ3n) is 3.54. The van der Waals surface area contributed by atoms with E-state index in [9.17, 15) is 9.59 Å². The Kier molecular flexibility index (Phi) is 10.1. The summed E-state index contributed by atoms with van der Waals surface area (Å²) >= 11 is 0. The lowest BCUT2D eigenvalue weighted by Crippen LogP contribution is -2.54. The van der Waals surface area contributed by atoms with E-state index in [0.29, 0.717) is 6.42 Å². The summed E-state index contributed by atoms with van der Waals surface area (Å²) in [4.78, 5) is 23.3. The maximum atomic E-state index is 12.0. The van der Waals surface area contributed by atoms with Gasteiger partial charge in [0.05, 0.1) is 6.04 Å². The topological polar surface area (TPSA) is 84.2 Å². The van der Waals surface area contributed by atoms with Crippen LogP contribution in [-0.2, 0) is 9.59 Å². The second-order valence-electron chi connectivity index (χ2n) is 7.19. The van der Waals surface area contributed by atoms with Crippen molar-refractivity contribution in [3.63, 3.8) is 0 Å². The van der Waals surface area contributed by atoms with E-state index in [1.165, 1.54) is 19.3 Å². The van der Waals surface area contributed by atoms with Crippen LogP contribution in [0.25, 0.3) is 0 Å². The molecule has 0 aliphatic carbocycles. The summed E-state index contributed by atoms with van der Waals surface area (Å²) in [5, 5.41) is 6.35. The molecule has 5 heteroatoms. The third-order valence-corrected chi connectivity index (χ3v) is 3.54. The Morgan fingerprint density at radius 3 is 2.18 bits per heavy atom. The number of hydrogen-bond acceptors (Lipinski definition) is 3. The summed E-state index contributed by atoms with van der Waals surface area (Å²) in [5.41, 5.74) is 5.22.